The number of amides is 1. The molecule has 0 spiro atoms. The quantitative estimate of drug-likeness (QED) is 0.785. The van der Waals surface area contributed by atoms with Crippen molar-refractivity contribution >= 4 is 23.8 Å². The van der Waals surface area contributed by atoms with Gasteiger partial charge in [0.25, 0.3) is 0 Å². The van der Waals surface area contributed by atoms with Crippen molar-refractivity contribution in [2.45, 2.75) is 13.0 Å². The van der Waals surface area contributed by atoms with Crippen LogP contribution in [-0.4, -0.2) is 12.6 Å². The smallest absolute Gasteiger partial charge is 0.407 e. The van der Waals surface area contributed by atoms with Crippen LogP contribution in [0.2, 0.25) is 5.02 Å². The van der Waals surface area contributed by atoms with Crippen molar-refractivity contribution in [1.82, 2.24) is 5.32 Å². The Hall–Kier alpha value is -2.77. The molecule has 2 aromatic rings. The summed E-state index contributed by atoms with van der Waals surface area (Å²) in [5.74, 6) is 0. The molecule has 1 amide bonds. The van der Waals surface area contributed by atoms with Gasteiger partial charge in [-0.2, -0.15) is 5.26 Å². The Morgan fingerprint density at radius 2 is 2.04 bits per heavy atom. The van der Waals surface area contributed by atoms with Crippen LogP contribution in [0, 0.1) is 11.3 Å². The van der Waals surface area contributed by atoms with Gasteiger partial charge in [-0.3, -0.25) is 0 Å². The lowest BCUT2D eigenvalue weighted by molar-refractivity contribution is 0.140. The second-order valence-electron chi connectivity index (χ2n) is 5.03. The molecule has 0 radical (unpaired) electrons. The Balaban J connectivity index is 1.69. The summed E-state index contributed by atoms with van der Waals surface area (Å²) in [5, 5.41) is 12.1. The van der Waals surface area contributed by atoms with Crippen molar-refractivity contribution in [3.63, 3.8) is 0 Å². The molecule has 1 N–H and O–H groups in total. The van der Waals surface area contributed by atoms with Gasteiger partial charge in [0.15, 0.2) is 0 Å². The van der Waals surface area contributed by atoms with Gasteiger partial charge >= 0.3 is 6.09 Å². The van der Waals surface area contributed by atoms with Crippen LogP contribution in [0.1, 0.15) is 23.1 Å². The molecule has 0 unspecified atom stereocenters. The van der Waals surface area contributed by atoms with E-state index in [1.807, 2.05) is 54.6 Å². The van der Waals surface area contributed by atoms with E-state index >= 15 is 0 Å². The van der Waals surface area contributed by atoms with Crippen LogP contribution in [0.3, 0.4) is 0 Å². The SMILES string of the molecule is N#Cc1cc(C=CCCNC(=O)OCc2ccccc2)ccc1Cl. The molecule has 24 heavy (non-hydrogen) atoms. The molecular weight excluding hydrogens is 324 g/mol. The van der Waals surface area contributed by atoms with Crippen LogP contribution in [0.4, 0.5) is 4.79 Å². The maximum absolute atomic E-state index is 11.6. The van der Waals surface area contributed by atoms with Crippen LogP contribution in [0.15, 0.2) is 54.6 Å². The second kappa shape index (κ2) is 9.39. The van der Waals surface area contributed by atoms with Crippen LogP contribution in [-0.2, 0) is 11.3 Å². The predicted molar refractivity (Wildman–Crippen MR) is 94.4 cm³/mol. The van der Waals surface area contributed by atoms with Gasteiger partial charge in [-0.15, -0.1) is 0 Å². The average molecular weight is 341 g/mol. The summed E-state index contributed by atoms with van der Waals surface area (Å²) in [4.78, 5) is 11.6. The molecule has 122 valence electrons. The van der Waals surface area contributed by atoms with Gasteiger partial charge in [-0.25, -0.2) is 4.79 Å². The summed E-state index contributed by atoms with van der Waals surface area (Å²) >= 11 is 5.88. The molecule has 0 aliphatic carbocycles. The molecule has 4 nitrogen and oxygen atoms in total. The number of alkyl carbamates (subject to hydrolysis) is 1. The van der Waals surface area contributed by atoms with E-state index in [4.69, 9.17) is 21.6 Å². The molecule has 5 heteroatoms. The van der Waals surface area contributed by atoms with E-state index in [0.717, 1.165) is 11.1 Å². The van der Waals surface area contributed by atoms with E-state index < -0.39 is 6.09 Å². The number of nitrogens with zero attached hydrogens (tertiary/aromatic N) is 1. The molecule has 0 bridgehead atoms. The monoisotopic (exact) mass is 340 g/mol. The molecule has 0 saturated heterocycles. The molecule has 2 rings (SSSR count). The Morgan fingerprint density at radius 1 is 1.25 bits per heavy atom. The van der Waals surface area contributed by atoms with Crippen molar-refractivity contribution in [2.24, 2.45) is 0 Å². The Labute approximate surface area is 146 Å². The van der Waals surface area contributed by atoms with E-state index in [0.29, 0.717) is 23.6 Å². The maximum Gasteiger partial charge on any atom is 0.407 e. The maximum atomic E-state index is 11.6. The highest BCUT2D eigenvalue weighted by atomic mass is 35.5. The van der Waals surface area contributed by atoms with Crippen LogP contribution >= 0.6 is 11.6 Å². The molecule has 0 aliphatic heterocycles. The van der Waals surface area contributed by atoms with Gasteiger partial charge in [0.05, 0.1) is 10.6 Å². The van der Waals surface area contributed by atoms with Gasteiger partial charge in [-0.05, 0) is 29.7 Å². The number of hydrogen-bond donors (Lipinski definition) is 1. The lowest BCUT2D eigenvalue weighted by atomic mass is 10.1. The van der Waals surface area contributed by atoms with Gasteiger partial charge in [-0.1, -0.05) is 60.2 Å². The summed E-state index contributed by atoms with van der Waals surface area (Å²) < 4.78 is 5.11. The number of ether oxygens (including phenoxy) is 1. The highest BCUT2D eigenvalue weighted by molar-refractivity contribution is 6.31. The minimum absolute atomic E-state index is 0.254. The molecule has 0 aliphatic rings. The largest absolute Gasteiger partial charge is 0.445 e. The molecule has 0 fully saturated rings. The fourth-order valence-corrected chi connectivity index (χ4v) is 2.14. The number of carbonyl (C=O) groups excluding carboxylic acids is 1. The first-order chi connectivity index (χ1) is 11.7. The zero-order chi connectivity index (χ0) is 17.2. The van der Waals surface area contributed by atoms with Gasteiger partial charge in [0.2, 0.25) is 0 Å². The van der Waals surface area contributed by atoms with Crippen molar-refractivity contribution in [1.29, 1.82) is 5.26 Å². The lowest BCUT2D eigenvalue weighted by Crippen LogP contribution is -2.24. The second-order valence-corrected chi connectivity index (χ2v) is 5.44. The number of rotatable bonds is 6. The van der Waals surface area contributed by atoms with E-state index in [1.54, 1.807) is 12.1 Å². The summed E-state index contributed by atoms with van der Waals surface area (Å²) in [6.07, 6.45) is 4.02. The third-order valence-corrected chi connectivity index (χ3v) is 3.54. The Bertz CT molecular complexity index is 752. The zero-order valence-electron chi connectivity index (χ0n) is 13.0. The van der Waals surface area contributed by atoms with Crippen LogP contribution in [0.5, 0.6) is 0 Å². The Kier molecular flexibility index (Phi) is 6.88. The summed E-state index contributed by atoms with van der Waals surface area (Å²) in [6, 6.07) is 16.8. The topological polar surface area (TPSA) is 62.1 Å². The van der Waals surface area contributed by atoms with Crippen LogP contribution < -0.4 is 5.32 Å². The van der Waals surface area contributed by atoms with Crippen molar-refractivity contribution in [2.75, 3.05) is 6.54 Å². The molecule has 2 aromatic carbocycles. The molecular formula is C19H17ClN2O2. The number of carbonyl (C=O) groups is 1. The standard InChI is InChI=1S/C19H17ClN2O2/c20-18-10-9-15(12-17(18)13-21)6-4-5-11-22-19(23)24-14-16-7-2-1-3-8-16/h1-4,6-10,12H,5,11,14H2,(H,22,23). The van der Waals surface area contributed by atoms with Gasteiger partial charge in [0, 0.05) is 6.54 Å². The summed E-state index contributed by atoms with van der Waals surface area (Å²) in [5.41, 5.74) is 2.28. The summed E-state index contributed by atoms with van der Waals surface area (Å²) in [7, 11) is 0. The van der Waals surface area contributed by atoms with E-state index in [-0.39, 0.29) is 6.61 Å². The third-order valence-electron chi connectivity index (χ3n) is 3.21. The third kappa shape index (κ3) is 5.79. The van der Waals surface area contributed by atoms with E-state index in [9.17, 15) is 4.79 Å². The number of hydrogen-bond acceptors (Lipinski definition) is 3. The van der Waals surface area contributed by atoms with E-state index in [1.165, 1.54) is 0 Å². The molecule has 0 saturated carbocycles. The normalized spacial score (nSPS) is 10.3. The van der Waals surface area contributed by atoms with Gasteiger partial charge < -0.3 is 10.1 Å². The summed E-state index contributed by atoms with van der Waals surface area (Å²) in [6.45, 7) is 0.729. The van der Waals surface area contributed by atoms with Crippen molar-refractivity contribution < 1.29 is 9.53 Å². The Morgan fingerprint density at radius 3 is 2.79 bits per heavy atom. The number of benzene rings is 2. The molecule has 0 atom stereocenters. The first-order valence-electron chi connectivity index (χ1n) is 7.50. The predicted octanol–water partition coefficient (Wildman–Crippen LogP) is 4.54. The minimum Gasteiger partial charge on any atom is -0.445 e. The zero-order valence-corrected chi connectivity index (χ0v) is 13.8. The number of nitriles is 1. The fraction of sp³-hybridized carbons (Fsp3) is 0.158. The molecule has 0 aromatic heterocycles. The lowest BCUT2D eigenvalue weighted by Gasteiger charge is -2.05. The van der Waals surface area contributed by atoms with Gasteiger partial charge in [0.1, 0.15) is 12.7 Å². The highest BCUT2D eigenvalue weighted by Crippen LogP contribution is 2.17. The van der Waals surface area contributed by atoms with Crippen molar-refractivity contribution in [3.05, 3.63) is 76.3 Å². The number of nitrogens with one attached hydrogen (secondary N) is 1. The highest BCUT2D eigenvalue weighted by Gasteiger charge is 2.01. The first kappa shape index (κ1) is 17.6. The van der Waals surface area contributed by atoms with Crippen molar-refractivity contribution in [3.8, 4) is 6.07 Å². The fourth-order valence-electron chi connectivity index (χ4n) is 1.98. The average Bonchev–Trinajstić information content (AvgIpc) is 2.62. The minimum atomic E-state index is -0.439. The molecule has 0 heterocycles. The number of halogens is 1. The first-order valence-corrected chi connectivity index (χ1v) is 7.87. The van der Waals surface area contributed by atoms with Crippen LogP contribution in [0.25, 0.3) is 6.08 Å². The van der Waals surface area contributed by atoms with E-state index in [2.05, 4.69) is 5.32 Å².